The third-order valence-corrected chi connectivity index (χ3v) is 5.74. The number of rotatable bonds is 3. The molecule has 0 saturated carbocycles. The van der Waals surface area contributed by atoms with Crippen molar-refractivity contribution in [2.75, 3.05) is 0 Å². The van der Waals surface area contributed by atoms with Crippen LogP contribution in [0.3, 0.4) is 0 Å². The van der Waals surface area contributed by atoms with Gasteiger partial charge in [0.25, 0.3) is 5.56 Å². The Bertz CT molecular complexity index is 962. The predicted octanol–water partition coefficient (Wildman–Crippen LogP) is 2.03. The van der Waals surface area contributed by atoms with Gasteiger partial charge in [-0.15, -0.1) is 11.3 Å². The normalized spacial score (nSPS) is 12.0. The van der Waals surface area contributed by atoms with Crippen LogP contribution in [0, 0.1) is 0 Å². The second-order valence-electron chi connectivity index (χ2n) is 4.67. The Hall–Kier alpha value is -1.50. The Kier molecular flexibility index (Phi) is 3.92. The smallest absolute Gasteiger partial charge is 0.320 e. The molecule has 0 aliphatic carbocycles. The van der Waals surface area contributed by atoms with Gasteiger partial charge in [-0.05, 0) is 23.8 Å². The number of halogens is 1. The van der Waals surface area contributed by atoms with Gasteiger partial charge in [-0.2, -0.15) is 0 Å². The highest BCUT2D eigenvalue weighted by molar-refractivity contribution is 7.68. The number of hydrogen-bond donors (Lipinski definition) is 3. The molecule has 0 aliphatic rings. The second kappa shape index (κ2) is 5.61. The van der Waals surface area contributed by atoms with Crippen LogP contribution in [0.2, 0.25) is 5.02 Å². The van der Waals surface area contributed by atoms with Crippen molar-refractivity contribution >= 4 is 45.4 Å². The number of fused-ring (bicyclic) bond motifs is 1. The molecule has 3 N–H and O–H groups in total. The van der Waals surface area contributed by atoms with Crippen LogP contribution in [0.5, 0.6) is 0 Å². The lowest BCUT2D eigenvalue weighted by Gasteiger charge is -2.02. The fourth-order valence-corrected chi connectivity index (χ4v) is 4.07. The summed E-state index contributed by atoms with van der Waals surface area (Å²) in [5.74, 6) is 0.416. The first kappa shape index (κ1) is 15.4. The maximum Gasteiger partial charge on any atom is 0.366 e. The van der Waals surface area contributed by atoms with Crippen molar-refractivity contribution in [2.24, 2.45) is 0 Å². The van der Waals surface area contributed by atoms with Gasteiger partial charge in [-0.25, -0.2) is 4.98 Å². The summed E-state index contributed by atoms with van der Waals surface area (Å²) in [5.41, 5.74) is 0.458. The van der Waals surface area contributed by atoms with E-state index in [9.17, 15) is 19.1 Å². The molecular weight excluding hydrogens is 347 g/mol. The summed E-state index contributed by atoms with van der Waals surface area (Å²) in [4.78, 5) is 37.6. The first-order chi connectivity index (χ1) is 10.3. The summed E-state index contributed by atoms with van der Waals surface area (Å²) in [6.45, 7) is 0. The molecule has 0 amide bonds. The summed E-state index contributed by atoms with van der Waals surface area (Å²) >= 11 is 6.74. The number of nitrogens with zero attached hydrogens (tertiary/aromatic N) is 1. The van der Waals surface area contributed by atoms with Crippen LogP contribution in [-0.2, 0) is 11.0 Å². The minimum Gasteiger partial charge on any atom is -0.320 e. The molecule has 0 aliphatic heterocycles. The number of H-pyrrole nitrogens is 1. The summed E-state index contributed by atoms with van der Waals surface area (Å²) < 4.78 is 11.1. The molecule has 0 spiro atoms. The van der Waals surface area contributed by atoms with Gasteiger partial charge in [0.05, 0.1) is 5.39 Å². The van der Waals surface area contributed by atoms with Crippen LogP contribution >= 0.6 is 30.5 Å². The molecule has 2 aromatic heterocycles. The van der Waals surface area contributed by atoms with Gasteiger partial charge in [-0.1, -0.05) is 23.7 Å². The summed E-state index contributed by atoms with van der Waals surface area (Å²) in [7, 11) is -4.39. The number of aromatic nitrogens is 2. The predicted molar refractivity (Wildman–Crippen MR) is 86.2 cm³/mol. The molecule has 6 nitrogen and oxygen atoms in total. The van der Waals surface area contributed by atoms with Crippen LogP contribution in [-0.4, -0.2) is 19.8 Å². The lowest BCUT2D eigenvalue weighted by molar-refractivity contribution is 0.388. The highest BCUT2D eigenvalue weighted by Crippen LogP contribution is 2.37. The number of aromatic amines is 1. The van der Waals surface area contributed by atoms with Gasteiger partial charge in [0.15, 0.2) is 0 Å². The number of nitrogens with one attached hydrogen (secondary N) is 1. The molecule has 0 fully saturated rings. The topological polar surface area (TPSA) is 103 Å². The Morgan fingerprint density at radius 2 is 2.09 bits per heavy atom. The van der Waals surface area contributed by atoms with Gasteiger partial charge in [0.2, 0.25) is 0 Å². The van der Waals surface area contributed by atoms with Gasteiger partial charge in [-0.3, -0.25) is 9.36 Å². The van der Waals surface area contributed by atoms with E-state index < -0.39 is 13.2 Å². The van der Waals surface area contributed by atoms with E-state index in [-0.39, 0.29) is 10.0 Å². The molecule has 0 radical (unpaired) electrons. The highest BCUT2D eigenvalue weighted by Gasteiger charge is 2.22. The molecule has 0 bridgehead atoms. The van der Waals surface area contributed by atoms with Crippen molar-refractivity contribution in [3.8, 4) is 0 Å². The van der Waals surface area contributed by atoms with Crippen molar-refractivity contribution in [2.45, 2.75) is 6.42 Å². The number of thiophene rings is 1. The number of hydrogen-bond acceptors (Lipinski definition) is 4. The Labute approximate surface area is 133 Å². The molecule has 3 rings (SSSR count). The zero-order chi connectivity index (χ0) is 15.9. The van der Waals surface area contributed by atoms with Gasteiger partial charge in [0.1, 0.15) is 15.3 Å². The minimum atomic E-state index is -4.39. The quantitative estimate of drug-likeness (QED) is 0.623. The van der Waals surface area contributed by atoms with E-state index in [0.717, 1.165) is 16.9 Å². The third-order valence-electron chi connectivity index (χ3n) is 2.99. The summed E-state index contributed by atoms with van der Waals surface area (Å²) in [6.07, 6.45) is 0.370. The van der Waals surface area contributed by atoms with E-state index >= 15 is 0 Å². The van der Waals surface area contributed by atoms with Crippen LogP contribution in [0.25, 0.3) is 10.2 Å². The summed E-state index contributed by atoms with van der Waals surface area (Å²) in [6, 6.07) is 8.35. The molecule has 3 aromatic rings. The van der Waals surface area contributed by atoms with Crippen molar-refractivity contribution in [1.29, 1.82) is 0 Å². The average molecular weight is 357 g/mol. The van der Waals surface area contributed by atoms with E-state index in [1.807, 2.05) is 6.07 Å². The Morgan fingerprint density at radius 1 is 1.32 bits per heavy atom. The summed E-state index contributed by atoms with van der Waals surface area (Å²) in [5, 5.41) is 0.763. The monoisotopic (exact) mass is 356 g/mol. The first-order valence-electron chi connectivity index (χ1n) is 6.16. The maximum atomic E-state index is 12.0. The molecule has 9 heteroatoms. The van der Waals surface area contributed by atoms with Crippen molar-refractivity contribution in [3.63, 3.8) is 0 Å². The Balaban J connectivity index is 2.05. The van der Waals surface area contributed by atoms with E-state index in [4.69, 9.17) is 11.6 Å². The largest absolute Gasteiger partial charge is 0.366 e. The molecule has 0 saturated heterocycles. The van der Waals surface area contributed by atoms with Gasteiger partial charge >= 0.3 is 7.60 Å². The fraction of sp³-hybridized carbons (Fsp3) is 0.0769. The highest BCUT2D eigenvalue weighted by atomic mass is 35.5. The molecule has 22 heavy (non-hydrogen) atoms. The van der Waals surface area contributed by atoms with E-state index in [1.165, 1.54) is 6.07 Å². The van der Waals surface area contributed by atoms with Crippen molar-refractivity contribution in [1.82, 2.24) is 9.97 Å². The van der Waals surface area contributed by atoms with Gasteiger partial charge in [0, 0.05) is 11.4 Å². The Morgan fingerprint density at radius 3 is 2.77 bits per heavy atom. The molecular formula is C13H10ClN2O4PS. The van der Waals surface area contributed by atoms with E-state index in [1.54, 1.807) is 18.2 Å². The fourth-order valence-electron chi connectivity index (χ4n) is 2.03. The molecule has 0 unspecified atom stereocenters. The van der Waals surface area contributed by atoms with Crippen LogP contribution in [0.15, 0.2) is 35.1 Å². The van der Waals surface area contributed by atoms with E-state index in [2.05, 4.69) is 9.97 Å². The second-order valence-corrected chi connectivity index (χ2v) is 8.01. The minimum absolute atomic E-state index is 0.166. The zero-order valence-corrected chi connectivity index (χ0v) is 13.5. The van der Waals surface area contributed by atoms with Crippen LogP contribution in [0.1, 0.15) is 11.4 Å². The lowest BCUT2D eigenvalue weighted by Crippen LogP contribution is -2.11. The molecule has 114 valence electrons. The number of benzene rings is 1. The van der Waals surface area contributed by atoms with Crippen LogP contribution in [0.4, 0.5) is 0 Å². The van der Waals surface area contributed by atoms with Gasteiger partial charge < -0.3 is 14.8 Å². The molecule has 1 aromatic carbocycles. The van der Waals surface area contributed by atoms with Crippen LogP contribution < -0.4 is 10.2 Å². The molecule has 2 heterocycles. The third kappa shape index (κ3) is 3.14. The zero-order valence-electron chi connectivity index (χ0n) is 11.0. The molecule has 0 atom stereocenters. The lowest BCUT2D eigenvalue weighted by atomic mass is 10.1. The standard InChI is InChI=1S/C13H10ClN2O4PS/c14-8-3-1-2-7(4-8)5-10-15-12(17)9-6-11(21(18,19)20)22-13(9)16-10/h1-4,6H,5H2,(H,15,16,17)(H2,18,19,20). The maximum absolute atomic E-state index is 12.0. The van der Waals surface area contributed by atoms with E-state index in [0.29, 0.717) is 22.1 Å². The SMILES string of the molecule is O=c1[nH]c(Cc2cccc(Cl)c2)nc2sc(P(=O)(O)O)cc12. The average Bonchev–Trinajstić information content (AvgIpc) is 2.83. The van der Waals surface area contributed by atoms with Crippen molar-refractivity contribution in [3.05, 3.63) is 57.1 Å². The van der Waals surface area contributed by atoms with Crippen molar-refractivity contribution < 1.29 is 14.4 Å². The first-order valence-corrected chi connectivity index (χ1v) is 8.97.